The van der Waals surface area contributed by atoms with Gasteiger partial charge in [0.2, 0.25) is 0 Å². The molecule has 0 aromatic heterocycles. The molecule has 2 fully saturated rings. The predicted octanol–water partition coefficient (Wildman–Crippen LogP) is 2.19. The summed E-state index contributed by atoms with van der Waals surface area (Å²) >= 11 is 0. The highest BCUT2D eigenvalue weighted by molar-refractivity contribution is 5.02. The summed E-state index contributed by atoms with van der Waals surface area (Å²) in [7, 11) is 0. The minimum Gasteiger partial charge on any atom is -0.392 e. The van der Waals surface area contributed by atoms with E-state index in [-0.39, 0.29) is 23.0 Å². The van der Waals surface area contributed by atoms with Gasteiger partial charge in [-0.1, -0.05) is 27.7 Å². The molecule has 88 valence electrons. The van der Waals surface area contributed by atoms with E-state index in [0.29, 0.717) is 11.8 Å². The normalized spacial score (nSPS) is 47.6. The second-order valence-electron chi connectivity index (χ2n) is 7.03. The molecule has 0 saturated heterocycles. The molecule has 2 aliphatic carbocycles. The van der Waals surface area contributed by atoms with Gasteiger partial charge < -0.3 is 10.2 Å². The van der Waals surface area contributed by atoms with E-state index in [1.807, 2.05) is 0 Å². The fraction of sp³-hybridized carbons (Fsp3) is 1.00. The van der Waals surface area contributed by atoms with Gasteiger partial charge in [0, 0.05) is 0 Å². The molecular weight excluding hydrogens is 188 g/mol. The Balaban J connectivity index is 2.25. The van der Waals surface area contributed by atoms with Gasteiger partial charge in [-0.05, 0) is 41.9 Å². The number of aliphatic hydroxyl groups is 2. The Morgan fingerprint density at radius 1 is 0.800 bits per heavy atom. The zero-order chi connectivity index (χ0) is 11.4. The lowest BCUT2D eigenvalue weighted by molar-refractivity contribution is -0.150. The summed E-state index contributed by atoms with van der Waals surface area (Å²) in [5.41, 5.74) is -0.0455. The van der Waals surface area contributed by atoms with Crippen LogP contribution in [0.2, 0.25) is 0 Å². The number of hydrogen-bond acceptors (Lipinski definition) is 2. The topological polar surface area (TPSA) is 40.5 Å². The summed E-state index contributed by atoms with van der Waals surface area (Å²) in [5, 5.41) is 20.6. The molecule has 2 nitrogen and oxygen atoms in total. The molecule has 15 heavy (non-hydrogen) atoms. The molecular formula is C13H24O2. The van der Waals surface area contributed by atoms with E-state index in [0.717, 1.165) is 19.3 Å². The monoisotopic (exact) mass is 212 g/mol. The van der Waals surface area contributed by atoms with Gasteiger partial charge in [0.1, 0.15) is 0 Å². The van der Waals surface area contributed by atoms with Crippen molar-refractivity contribution in [3.05, 3.63) is 0 Å². The van der Waals surface area contributed by atoms with Crippen LogP contribution in [0, 0.1) is 22.7 Å². The molecule has 0 aromatic rings. The third kappa shape index (κ3) is 1.72. The molecule has 0 spiro atoms. The van der Waals surface area contributed by atoms with Gasteiger partial charge in [-0.2, -0.15) is 0 Å². The van der Waals surface area contributed by atoms with Crippen LogP contribution >= 0.6 is 0 Å². The lowest BCUT2D eigenvalue weighted by atomic mass is 9.54. The van der Waals surface area contributed by atoms with Crippen LogP contribution in [0.5, 0.6) is 0 Å². The Morgan fingerprint density at radius 2 is 1.13 bits per heavy atom. The zero-order valence-corrected chi connectivity index (χ0v) is 10.3. The van der Waals surface area contributed by atoms with Crippen molar-refractivity contribution in [1.29, 1.82) is 0 Å². The molecule has 4 unspecified atom stereocenters. The summed E-state index contributed by atoms with van der Waals surface area (Å²) < 4.78 is 0. The molecule has 2 heteroatoms. The highest BCUT2D eigenvalue weighted by Crippen LogP contribution is 2.53. The van der Waals surface area contributed by atoms with E-state index in [1.165, 1.54) is 0 Å². The van der Waals surface area contributed by atoms with Crippen LogP contribution in [-0.2, 0) is 0 Å². The number of aliphatic hydroxyl groups excluding tert-OH is 2. The third-order valence-corrected chi connectivity index (χ3v) is 4.68. The van der Waals surface area contributed by atoms with Gasteiger partial charge in [0.25, 0.3) is 0 Å². The Labute approximate surface area is 92.7 Å². The van der Waals surface area contributed by atoms with Crippen molar-refractivity contribution in [2.24, 2.45) is 22.7 Å². The van der Waals surface area contributed by atoms with Gasteiger partial charge in [-0.25, -0.2) is 0 Å². The van der Waals surface area contributed by atoms with Crippen LogP contribution in [0.4, 0.5) is 0 Å². The van der Waals surface area contributed by atoms with Crippen molar-refractivity contribution >= 4 is 0 Å². The van der Waals surface area contributed by atoms with Crippen molar-refractivity contribution in [3.63, 3.8) is 0 Å². The predicted molar refractivity (Wildman–Crippen MR) is 60.4 cm³/mol. The van der Waals surface area contributed by atoms with Gasteiger partial charge in [-0.15, -0.1) is 0 Å². The maximum Gasteiger partial charge on any atom is 0.0619 e. The first kappa shape index (κ1) is 11.4. The molecule has 0 amide bonds. The summed E-state index contributed by atoms with van der Waals surface area (Å²) in [4.78, 5) is 0. The van der Waals surface area contributed by atoms with Crippen molar-refractivity contribution in [2.75, 3.05) is 0 Å². The molecule has 0 aliphatic heterocycles. The van der Waals surface area contributed by atoms with Crippen LogP contribution < -0.4 is 0 Å². The highest BCUT2D eigenvalue weighted by atomic mass is 16.3. The summed E-state index contributed by atoms with van der Waals surface area (Å²) in [6.07, 6.45) is 2.53. The molecule has 2 bridgehead atoms. The van der Waals surface area contributed by atoms with E-state index in [4.69, 9.17) is 0 Å². The van der Waals surface area contributed by atoms with E-state index < -0.39 is 0 Å². The molecule has 2 N–H and O–H groups in total. The quantitative estimate of drug-likeness (QED) is 0.646. The minimum atomic E-state index is -0.194. The largest absolute Gasteiger partial charge is 0.392 e. The number of fused-ring (bicyclic) bond motifs is 2. The smallest absolute Gasteiger partial charge is 0.0619 e. The van der Waals surface area contributed by atoms with Gasteiger partial charge in [0.15, 0.2) is 0 Å². The number of hydrogen-bond donors (Lipinski definition) is 2. The first-order valence-electron chi connectivity index (χ1n) is 6.10. The zero-order valence-electron chi connectivity index (χ0n) is 10.3. The van der Waals surface area contributed by atoms with Crippen LogP contribution in [0.15, 0.2) is 0 Å². The van der Waals surface area contributed by atoms with Gasteiger partial charge in [-0.3, -0.25) is 0 Å². The maximum absolute atomic E-state index is 10.3. The Kier molecular flexibility index (Phi) is 2.44. The Hall–Kier alpha value is -0.0800. The first-order chi connectivity index (χ1) is 6.74. The van der Waals surface area contributed by atoms with E-state index in [1.54, 1.807) is 0 Å². The molecule has 0 aromatic carbocycles. The lowest BCUT2D eigenvalue weighted by Gasteiger charge is -2.54. The Morgan fingerprint density at radius 3 is 1.47 bits per heavy atom. The lowest BCUT2D eigenvalue weighted by Crippen LogP contribution is -2.54. The van der Waals surface area contributed by atoms with E-state index in [2.05, 4.69) is 27.7 Å². The van der Waals surface area contributed by atoms with Crippen LogP contribution in [0.25, 0.3) is 0 Å². The highest BCUT2D eigenvalue weighted by Gasteiger charge is 2.52. The Bertz CT molecular complexity index is 231. The molecule has 2 saturated carbocycles. The third-order valence-electron chi connectivity index (χ3n) is 4.68. The molecule has 2 rings (SSSR count). The van der Waals surface area contributed by atoms with Crippen molar-refractivity contribution < 1.29 is 10.2 Å². The van der Waals surface area contributed by atoms with E-state index >= 15 is 0 Å². The van der Waals surface area contributed by atoms with Gasteiger partial charge in [0.05, 0.1) is 12.2 Å². The second kappa shape index (κ2) is 3.21. The second-order valence-corrected chi connectivity index (χ2v) is 7.03. The van der Waals surface area contributed by atoms with Gasteiger partial charge >= 0.3 is 0 Å². The fourth-order valence-electron chi connectivity index (χ4n) is 3.91. The van der Waals surface area contributed by atoms with Crippen molar-refractivity contribution in [2.45, 2.75) is 59.2 Å². The maximum atomic E-state index is 10.3. The van der Waals surface area contributed by atoms with Crippen molar-refractivity contribution in [1.82, 2.24) is 0 Å². The molecule has 0 heterocycles. The van der Waals surface area contributed by atoms with Crippen LogP contribution in [0.1, 0.15) is 47.0 Å². The minimum absolute atomic E-state index is 0.0228. The average molecular weight is 212 g/mol. The molecule has 0 radical (unpaired) electrons. The molecule has 2 aliphatic rings. The fourth-order valence-corrected chi connectivity index (χ4v) is 3.91. The number of rotatable bonds is 0. The summed E-state index contributed by atoms with van der Waals surface area (Å²) in [6.45, 7) is 8.51. The van der Waals surface area contributed by atoms with Crippen LogP contribution in [0.3, 0.4) is 0 Å². The van der Waals surface area contributed by atoms with Crippen LogP contribution in [-0.4, -0.2) is 22.4 Å². The summed E-state index contributed by atoms with van der Waals surface area (Å²) in [5.74, 6) is 0.772. The SMILES string of the molecule is CC1(C)CC2CC(CC(C)(C)C2O)C1O. The standard InChI is InChI=1S/C13H24O2/c1-12(2)6-8-5-9(10(12)14)7-13(3,4)11(8)15/h8-11,14-15H,5-7H2,1-4H3. The summed E-state index contributed by atoms with van der Waals surface area (Å²) in [6, 6.07) is 0. The molecule has 4 atom stereocenters. The van der Waals surface area contributed by atoms with Crippen molar-refractivity contribution in [3.8, 4) is 0 Å². The van der Waals surface area contributed by atoms with E-state index in [9.17, 15) is 10.2 Å². The first-order valence-corrected chi connectivity index (χ1v) is 6.10. The average Bonchev–Trinajstić information content (AvgIpc) is 2.09.